The van der Waals surface area contributed by atoms with Crippen LogP contribution in [0.3, 0.4) is 0 Å². The van der Waals surface area contributed by atoms with Crippen LogP contribution >= 0.6 is 11.6 Å². The van der Waals surface area contributed by atoms with Crippen molar-refractivity contribution < 1.29 is 0 Å². The van der Waals surface area contributed by atoms with E-state index in [9.17, 15) is 0 Å². The van der Waals surface area contributed by atoms with Crippen molar-refractivity contribution in [1.82, 2.24) is 4.90 Å². The summed E-state index contributed by atoms with van der Waals surface area (Å²) in [6.07, 6.45) is 3.89. The molecular formula is C15H24ClN3. The molecule has 1 fully saturated rings. The molecule has 2 N–H and O–H groups in total. The zero-order valence-electron chi connectivity index (χ0n) is 12.1. The van der Waals surface area contributed by atoms with Crippen LogP contribution in [0.15, 0.2) is 18.2 Å². The van der Waals surface area contributed by atoms with E-state index in [4.69, 9.17) is 17.3 Å². The second kappa shape index (κ2) is 5.70. The van der Waals surface area contributed by atoms with E-state index in [0.717, 1.165) is 22.8 Å². The minimum atomic E-state index is 0.327. The monoisotopic (exact) mass is 281 g/mol. The summed E-state index contributed by atoms with van der Waals surface area (Å²) >= 11 is 6.24. The molecule has 0 saturated heterocycles. The Morgan fingerprint density at radius 3 is 2.37 bits per heavy atom. The van der Waals surface area contributed by atoms with Crippen LogP contribution in [-0.4, -0.2) is 38.1 Å². The summed E-state index contributed by atoms with van der Waals surface area (Å²) < 4.78 is 0. The molecule has 0 aliphatic heterocycles. The van der Waals surface area contributed by atoms with Crippen LogP contribution in [0.4, 0.5) is 5.69 Å². The molecule has 4 heteroatoms. The summed E-state index contributed by atoms with van der Waals surface area (Å²) in [6.45, 7) is 1.53. The average molecular weight is 282 g/mol. The molecule has 0 unspecified atom stereocenters. The summed E-state index contributed by atoms with van der Waals surface area (Å²) in [4.78, 5) is 4.66. The van der Waals surface area contributed by atoms with Crippen molar-refractivity contribution in [2.24, 2.45) is 5.73 Å². The summed E-state index contributed by atoms with van der Waals surface area (Å²) in [5, 5.41) is 0.763. The van der Waals surface area contributed by atoms with Crippen LogP contribution in [-0.2, 0) is 6.54 Å². The third kappa shape index (κ3) is 2.88. The van der Waals surface area contributed by atoms with Gasteiger partial charge in [-0.1, -0.05) is 17.7 Å². The highest BCUT2D eigenvalue weighted by Crippen LogP contribution is 2.37. The Hall–Kier alpha value is -0.770. The number of hydrogen-bond donors (Lipinski definition) is 1. The zero-order chi connectivity index (χ0) is 14.0. The fourth-order valence-corrected chi connectivity index (χ4v) is 3.06. The van der Waals surface area contributed by atoms with Gasteiger partial charge in [0.2, 0.25) is 0 Å². The smallest absolute Gasteiger partial charge is 0.0471 e. The van der Waals surface area contributed by atoms with Gasteiger partial charge in [0.05, 0.1) is 0 Å². The molecule has 1 aliphatic carbocycles. The Morgan fingerprint density at radius 1 is 1.26 bits per heavy atom. The van der Waals surface area contributed by atoms with Gasteiger partial charge in [-0.3, -0.25) is 0 Å². The van der Waals surface area contributed by atoms with Gasteiger partial charge >= 0.3 is 0 Å². The topological polar surface area (TPSA) is 32.5 Å². The molecule has 0 spiro atoms. The first-order valence-corrected chi connectivity index (χ1v) is 7.23. The van der Waals surface area contributed by atoms with E-state index in [1.165, 1.54) is 19.3 Å². The van der Waals surface area contributed by atoms with Gasteiger partial charge in [-0.05, 0) is 51.1 Å². The molecule has 106 valence electrons. The first-order chi connectivity index (χ1) is 8.98. The lowest BCUT2D eigenvalue weighted by Crippen LogP contribution is -2.56. The highest BCUT2D eigenvalue weighted by Gasteiger charge is 2.39. The Bertz CT molecular complexity index is 441. The van der Waals surface area contributed by atoms with Crippen LogP contribution in [0, 0.1) is 0 Å². The van der Waals surface area contributed by atoms with E-state index < -0.39 is 0 Å². The van der Waals surface area contributed by atoms with Crippen LogP contribution in [0.25, 0.3) is 0 Å². The molecule has 1 aromatic rings. The maximum Gasteiger partial charge on any atom is 0.0471 e. The lowest BCUT2D eigenvalue weighted by molar-refractivity contribution is 0.0683. The van der Waals surface area contributed by atoms with Gasteiger partial charge < -0.3 is 15.5 Å². The molecule has 0 amide bonds. The number of likely N-dealkylation sites (N-methyl/N-ethyl adjacent to an activating group) is 2. The van der Waals surface area contributed by atoms with Gasteiger partial charge in [-0.15, -0.1) is 0 Å². The van der Waals surface area contributed by atoms with Gasteiger partial charge in [-0.25, -0.2) is 0 Å². The van der Waals surface area contributed by atoms with E-state index in [2.05, 4.69) is 37.0 Å². The Labute approximate surface area is 121 Å². The van der Waals surface area contributed by atoms with E-state index >= 15 is 0 Å². The second-order valence-corrected chi connectivity index (χ2v) is 6.22. The van der Waals surface area contributed by atoms with E-state index in [-0.39, 0.29) is 0 Å². The number of rotatable bonds is 5. The van der Waals surface area contributed by atoms with Crippen molar-refractivity contribution in [3.05, 3.63) is 28.8 Å². The third-order valence-electron chi connectivity index (χ3n) is 4.46. The summed E-state index contributed by atoms with van der Waals surface area (Å²) in [7, 11) is 6.49. The Kier molecular flexibility index (Phi) is 4.39. The van der Waals surface area contributed by atoms with Gasteiger partial charge in [0.1, 0.15) is 0 Å². The van der Waals surface area contributed by atoms with E-state index in [1.807, 2.05) is 12.1 Å². The summed E-state index contributed by atoms with van der Waals surface area (Å²) in [5.74, 6) is 0. The molecule has 0 radical (unpaired) electrons. The molecule has 0 heterocycles. The largest absolute Gasteiger partial charge is 0.373 e. The lowest BCUT2D eigenvalue weighted by atomic mass is 9.75. The minimum Gasteiger partial charge on any atom is -0.373 e. The molecule has 1 aliphatic rings. The first kappa shape index (κ1) is 14.6. The number of benzene rings is 1. The number of halogens is 1. The molecule has 0 aromatic heterocycles. The van der Waals surface area contributed by atoms with Crippen molar-refractivity contribution in [3.8, 4) is 0 Å². The average Bonchev–Trinajstić information content (AvgIpc) is 2.32. The van der Waals surface area contributed by atoms with Gasteiger partial charge in [0, 0.05) is 36.4 Å². The lowest BCUT2D eigenvalue weighted by Gasteiger charge is -2.49. The highest BCUT2D eigenvalue weighted by atomic mass is 35.5. The van der Waals surface area contributed by atoms with E-state index in [1.54, 1.807) is 0 Å². The first-order valence-electron chi connectivity index (χ1n) is 6.85. The highest BCUT2D eigenvalue weighted by molar-refractivity contribution is 6.31. The van der Waals surface area contributed by atoms with Crippen molar-refractivity contribution in [1.29, 1.82) is 0 Å². The summed E-state index contributed by atoms with van der Waals surface area (Å²) in [5.41, 5.74) is 8.14. The second-order valence-electron chi connectivity index (χ2n) is 5.81. The fourth-order valence-electron chi connectivity index (χ4n) is 2.80. The minimum absolute atomic E-state index is 0.327. The normalized spacial score (nSPS) is 17.4. The molecule has 1 saturated carbocycles. The van der Waals surface area contributed by atoms with Crippen molar-refractivity contribution in [3.63, 3.8) is 0 Å². The molecule has 0 atom stereocenters. The molecule has 19 heavy (non-hydrogen) atoms. The molecule has 1 aromatic carbocycles. The number of hydrogen-bond acceptors (Lipinski definition) is 3. The Morgan fingerprint density at radius 2 is 1.95 bits per heavy atom. The SMILES string of the molecule is CN(CC1(N(C)C)CCC1)c1ccc(CN)c(Cl)c1. The summed E-state index contributed by atoms with van der Waals surface area (Å²) in [6, 6.07) is 6.15. The number of nitrogens with two attached hydrogens (primary N) is 1. The van der Waals surface area contributed by atoms with Gasteiger partial charge in [0.15, 0.2) is 0 Å². The predicted octanol–water partition coefficient (Wildman–Crippen LogP) is 2.72. The van der Waals surface area contributed by atoms with Crippen LogP contribution in [0.1, 0.15) is 24.8 Å². The van der Waals surface area contributed by atoms with Gasteiger partial charge in [0.25, 0.3) is 0 Å². The zero-order valence-corrected chi connectivity index (χ0v) is 12.9. The van der Waals surface area contributed by atoms with Crippen LogP contribution < -0.4 is 10.6 Å². The number of anilines is 1. The third-order valence-corrected chi connectivity index (χ3v) is 4.81. The molecular weight excluding hydrogens is 258 g/mol. The molecule has 2 rings (SSSR count). The van der Waals surface area contributed by atoms with Crippen LogP contribution in [0.2, 0.25) is 5.02 Å². The molecule has 3 nitrogen and oxygen atoms in total. The maximum atomic E-state index is 6.24. The van der Waals surface area contributed by atoms with Crippen molar-refractivity contribution in [2.45, 2.75) is 31.3 Å². The Balaban J connectivity index is 2.11. The van der Waals surface area contributed by atoms with Crippen molar-refractivity contribution in [2.75, 3.05) is 32.6 Å². The van der Waals surface area contributed by atoms with Crippen molar-refractivity contribution >= 4 is 17.3 Å². The van der Waals surface area contributed by atoms with Crippen LogP contribution in [0.5, 0.6) is 0 Å². The van der Waals surface area contributed by atoms with E-state index in [0.29, 0.717) is 12.1 Å². The quantitative estimate of drug-likeness (QED) is 0.901. The van der Waals surface area contributed by atoms with Gasteiger partial charge in [-0.2, -0.15) is 0 Å². The standard InChI is InChI=1S/C15H24ClN3/c1-18(2)15(7-4-8-15)11-19(3)13-6-5-12(10-17)14(16)9-13/h5-6,9H,4,7-8,10-11,17H2,1-3H3. The fraction of sp³-hybridized carbons (Fsp3) is 0.600. The maximum absolute atomic E-state index is 6.24. The number of nitrogens with zero attached hydrogens (tertiary/aromatic N) is 2. The molecule has 0 bridgehead atoms. The predicted molar refractivity (Wildman–Crippen MR) is 82.9 cm³/mol.